The summed E-state index contributed by atoms with van der Waals surface area (Å²) in [7, 11) is -9.88. The maximum absolute atomic E-state index is 12.9. The second-order valence-electron chi connectivity index (χ2n) is 24.1. The number of esters is 4. The largest absolute Gasteiger partial charge is 0.472 e. The van der Waals surface area contributed by atoms with Gasteiger partial charge in [0.1, 0.15) is 19.3 Å². The second-order valence-corrected chi connectivity index (χ2v) is 27.0. The van der Waals surface area contributed by atoms with Crippen molar-refractivity contribution in [1.82, 2.24) is 0 Å². The van der Waals surface area contributed by atoms with Gasteiger partial charge in [0, 0.05) is 25.7 Å². The Kier molecular flexibility index (Phi) is 51.1. The lowest BCUT2D eigenvalue weighted by Gasteiger charge is -2.21. The molecule has 0 aromatic heterocycles. The van der Waals surface area contributed by atoms with E-state index in [4.69, 9.17) is 37.0 Å². The van der Waals surface area contributed by atoms with Gasteiger partial charge in [-0.3, -0.25) is 37.3 Å². The minimum atomic E-state index is -4.94. The number of ether oxygens (including phenoxy) is 4. The van der Waals surface area contributed by atoms with Crippen LogP contribution in [0.15, 0.2) is 0 Å². The molecule has 480 valence electrons. The van der Waals surface area contributed by atoms with Crippen molar-refractivity contribution in [2.24, 2.45) is 23.7 Å². The first-order valence-electron chi connectivity index (χ1n) is 32.2. The molecule has 19 heteroatoms. The summed E-state index contributed by atoms with van der Waals surface area (Å²) in [5, 5.41) is 10.5. The molecule has 81 heavy (non-hydrogen) atoms. The third-order valence-electron chi connectivity index (χ3n) is 14.4. The standard InChI is InChI=1S/C62H120O17P2/c1-9-55(8)41-33-25-16-10-11-17-28-36-44-61(66)78-57(48-72-59(64)42-34-26-18-12-14-22-30-38-52(2)3)50-76-80(68,69)74-46-56(63)47-75-81(70,71)77-51-58(49-73-60(65)43-35-27-21-20-24-32-40-54(6)7)79-62(67)45-37-29-19-13-15-23-31-39-53(4)5/h52-58,63H,9-51H2,1-8H3,(H,68,69)(H,70,71)/t55?,56?,57-,58-/m1/s1. The molecule has 0 fully saturated rings. The molecule has 6 atom stereocenters. The van der Waals surface area contributed by atoms with Gasteiger partial charge >= 0.3 is 39.5 Å². The van der Waals surface area contributed by atoms with Crippen LogP contribution in [0.1, 0.15) is 293 Å². The van der Waals surface area contributed by atoms with Crippen LogP contribution in [0, 0.1) is 23.7 Å². The number of aliphatic hydroxyl groups is 1. The van der Waals surface area contributed by atoms with E-state index in [0.717, 1.165) is 109 Å². The summed E-state index contributed by atoms with van der Waals surface area (Å²) in [6.07, 6.45) is 31.0. The molecular weight excluding hydrogens is 1080 g/mol. The predicted molar refractivity (Wildman–Crippen MR) is 321 cm³/mol. The average Bonchev–Trinajstić information content (AvgIpc) is 3.41. The van der Waals surface area contributed by atoms with Crippen LogP contribution in [-0.2, 0) is 65.4 Å². The third kappa shape index (κ3) is 55.7. The number of carbonyl (C=O) groups excluding carboxylic acids is 4. The summed E-state index contributed by atoms with van der Waals surface area (Å²) in [4.78, 5) is 72.1. The average molecular weight is 1200 g/mol. The molecule has 0 aliphatic heterocycles. The van der Waals surface area contributed by atoms with Crippen LogP contribution < -0.4 is 0 Å². The monoisotopic (exact) mass is 1200 g/mol. The first-order valence-corrected chi connectivity index (χ1v) is 35.2. The molecule has 0 amide bonds. The number of carbonyl (C=O) groups is 4. The van der Waals surface area contributed by atoms with E-state index >= 15 is 0 Å². The number of hydrogen-bond acceptors (Lipinski definition) is 15. The summed E-state index contributed by atoms with van der Waals surface area (Å²) in [6, 6.07) is 0. The van der Waals surface area contributed by atoms with Crippen molar-refractivity contribution < 1.29 is 80.2 Å². The topological polar surface area (TPSA) is 237 Å². The molecular formula is C62H120O17P2. The molecule has 4 unspecified atom stereocenters. The van der Waals surface area contributed by atoms with Crippen molar-refractivity contribution in [3.05, 3.63) is 0 Å². The Morgan fingerprint density at radius 2 is 0.593 bits per heavy atom. The van der Waals surface area contributed by atoms with E-state index in [1.165, 1.54) is 83.5 Å². The molecule has 0 rings (SSSR count). The van der Waals surface area contributed by atoms with Crippen LogP contribution in [0.25, 0.3) is 0 Å². The molecule has 0 saturated heterocycles. The van der Waals surface area contributed by atoms with Crippen LogP contribution in [0.4, 0.5) is 0 Å². The highest BCUT2D eigenvalue weighted by atomic mass is 31.2. The van der Waals surface area contributed by atoms with Gasteiger partial charge in [0.05, 0.1) is 26.4 Å². The lowest BCUT2D eigenvalue weighted by atomic mass is 9.99. The molecule has 3 N–H and O–H groups in total. The summed E-state index contributed by atoms with van der Waals surface area (Å²) in [6.45, 7) is 13.9. The fourth-order valence-electron chi connectivity index (χ4n) is 9.04. The van der Waals surface area contributed by atoms with Crippen LogP contribution in [-0.4, -0.2) is 96.7 Å². The van der Waals surface area contributed by atoms with E-state index in [-0.39, 0.29) is 25.7 Å². The number of phosphoric acid groups is 2. The second kappa shape index (κ2) is 52.4. The van der Waals surface area contributed by atoms with Crippen molar-refractivity contribution in [3.63, 3.8) is 0 Å². The van der Waals surface area contributed by atoms with Gasteiger partial charge in [-0.05, 0) is 49.4 Å². The SMILES string of the molecule is CCC(C)CCCCCCCCCCC(=O)O[C@H](COC(=O)CCCCCCCCCC(C)C)COP(=O)(O)OCC(O)COP(=O)(O)OC[C@@H](COC(=O)CCCCCCCCC(C)C)OC(=O)CCCCCCCCCC(C)C. The first kappa shape index (κ1) is 79.1. The van der Waals surface area contributed by atoms with E-state index < -0.39 is 97.5 Å². The zero-order valence-electron chi connectivity index (χ0n) is 52.4. The third-order valence-corrected chi connectivity index (χ3v) is 16.3. The quantitative estimate of drug-likeness (QED) is 0.0222. The smallest absolute Gasteiger partial charge is 0.462 e. The summed E-state index contributed by atoms with van der Waals surface area (Å²) >= 11 is 0. The van der Waals surface area contributed by atoms with Crippen molar-refractivity contribution in [3.8, 4) is 0 Å². The zero-order valence-corrected chi connectivity index (χ0v) is 54.2. The Bertz CT molecular complexity index is 1630. The van der Waals surface area contributed by atoms with Gasteiger partial charge in [-0.1, -0.05) is 242 Å². The Morgan fingerprint density at radius 3 is 0.877 bits per heavy atom. The molecule has 17 nitrogen and oxygen atoms in total. The van der Waals surface area contributed by atoms with Crippen LogP contribution in [0.5, 0.6) is 0 Å². The van der Waals surface area contributed by atoms with Crippen LogP contribution >= 0.6 is 15.6 Å². The number of phosphoric ester groups is 2. The molecule has 0 aromatic carbocycles. The van der Waals surface area contributed by atoms with E-state index in [0.29, 0.717) is 43.4 Å². The predicted octanol–water partition coefficient (Wildman–Crippen LogP) is 16.6. The van der Waals surface area contributed by atoms with Gasteiger partial charge in [-0.2, -0.15) is 0 Å². The number of aliphatic hydroxyl groups excluding tert-OH is 1. The molecule has 0 spiro atoms. The van der Waals surface area contributed by atoms with Crippen molar-refractivity contribution >= 4 is 39.5 Å². The minimum absolute atomic E-state index is 0.102. The number of rotatable bonds is 59. The minimum Gasteiger partial charge on any atom is -0.462 e. The maximum Gasteiger partial charge on any atom is 0.472 e. The molecule has 0 aromatic rings. The van der Waals surface area contributed by atoms with E-state index in [9.17, 15) is 43.2 Å². The van der Waals surface area contributed by atoms with Gasteiger partial charge in [0.15, 0.2) is 12.2 Å². The Morgan fingerprint density at radius 1 is 0.346 bits per heavy atom. The van der Waals surface area contributed by atoms with E-state index in [2.05, 4.69) is 55.4 Å². The Balaban J connectivity index is 5.26. The summed E-state index contributed by atoms with van der Waals surface area (Å²) in [5.74, 6) is 0.703. The molecule has 0 saturated carbocycles. The van der Waals surface area contributed by atoms with Gasteiger partial charge in [0.25, 0.3) is 0 Å². The van der Waals surface area contributed by atoms with Gasteiger partial charge in [-0.25, -0.2) is 9.13 Å². The lowest BCUT2D eigenvalue weighted by Crippen LogP contribution is -2.30. The number of hydrogen-bond donors (Lipinski definition) is 3. The maximum atomic E-state index is 12.9. The van der Waals surface area contributed by atoms with Gasteiger partial charge in [0.2, 0.25) is 0 Å². The van der Waals surface area contributed by atoms with Crippen LogP contribution in [0.3, 0.4) is 0 Å². The molecule has 0 radical (unpaired) electrons. The van der Waals surface area contributed by atoms with Gasteiger partial charge < -0.3 is 33.8 Å². The highest BCUT2D eigenvalue weighted by Crippen LogP contribution is 2.45. The first-order chi connectivity index (χ1) is 38.6. The molecule has 0 bridgehead atoms. The van der Waals surface area contributed by atoms with Gasteiger partial charge in [-0.15, -0.1) is 0 Å². The zero-order chi connectivity index (χ0) is 60.4. The van der Waals surface area contributed by atoms with Crippen molar-refractivity contribution in [1.29, 1.82) is 0 Å². The van der Waals surface area contributed by atoms with Crippen LogP contribution in [0.2, 0.25) is 0 Å². The molecule has 0 aliphatic carbocycles. The Hall–Kier alpha value is -1.94. The fourth-order valence-corrected chi connectivity index (χ4v) is 10.6. The summed E-state index contributed by atoms with van der Waals surface area (Å²) in [5.41, 5.74) is 0. The molecule has 0 aliphatic rings. The van der Waals surface area contributed by atoms with E-state index in [1.807, 2.05) is 0 Å². The molecule has 0 heterocycles. The highest BCUT2D eigenvalue weighted by molar-refractivity contribution is 7.47. The Labute approximate surface area is 492 Å². The van der Waals surface area contributed by atoms with Crippen molar-refractivity contribution in [2.45, 2.75) is 311 Å². The fraction of sp³-hybridized carbons (Fsp3) is 0.935. The number of unbranched alkanes of at least 4 members (excludes halogenated alkanes) is 24. The highest BCUT2D eigenvalue weighted by Gasteiger charge is 2.30. The van der Waals surface area contributed by atoms with E-state index in [1.54, 1.807) is 0 Å². The normalized spacial score (nSPS) is 14.8. The van der Waals surface area contributed by atoms with Crippen molar-refractivity contribution in [2.75, 3.05) is 39.6 Å². The lowest BCUT2D eigenvalue weighted by molar-refractivity contribution is -0.161. The summed E-state index contributed by atoms with van der Waals surface area (Å²) < 4.78 is 67.9.